The average Bonchev–Trinajstić information content (AvgIpc) is 2.94. The number of nitrogens with one attached hydrogen (secondary N) is 1. The lowest BCUT2D eigenvalue weighted by Gasteiger charge is -2.10. The molecule has 122 valence electrons. The maximum atomic E-state index is 12.8. The number of hydrogen-bond acceptors (Lipinski definition) is 3. The summed E-state index contributed by atoms with van der Waals surface area (Å²) in [6.07, 6.45) is 0. The highest BCUT2D eigenvalue weighted by molar-refractivity contribution is 6.30. The lowest BCUT2D eigenvalue weighted by Crippen LogP contribution is -2.14. The van der Waals surface area contributed by atoms with Gasteiger partial charge < -0.3 is 9.84 Å². The molecular formula is C19H17ClN2O2. The minimum atomic E-state index is -0.243. The monoisotopic (exact) mass is 340 g/mol. The molecule has 0 fully saturated rings. The third kappa shape index (κ3) is 3.05. The van der Waals surface area contributed by atoms with E-state index in [4.69, 9.17) is 16.1 Å². The van der Waals surface area contributed by atoms with Gasteiger partial charge in [0, 0.05) is 16.3 Å². The van der Waals surface area contributed by atoms with Crippen LogP contribution in [0.1, 0.15) is 27.2 Å². The second-order valence-electron chi connectivity index (χ2n) is 5.68. The molecule has 3 aromatic rings. The Morgan fingerprint density at radius 3 is 2.50 bits per heavy atom. The van der Waals surface area contributed by atoms with Crippen molar-refractivity contribution in [2.75, 3.05) is 5.32 Å². The SMILES string of the molecule is Cc1cccc(NC(=O)c2c(C)noc2-c2ccc(Cl)cc2)c1C. The molecule has 0 aliphatic rings. The summed E-state index contributed by atoms with van der Waals surface area (Å²) >= 11 is 5.92. The maximum Gasteiger partial charge on any atom is 0.261 e. The number of benzene rings is 2. The third-order valence-corrected chi connectivity index (χ3v) is 4.30. The fourth-order valence-corrected chi connectivity index (χ4v) is 2.63. The molecule has 3 rings (SSSR count). The molecule has 24 heavy (non-hydrogen) atoms. The van der Waals surface area contributed by atoms with E-state index in [1.807, 2.05) is 32.0 Å². The van der Waals surface area contributed by atoms with E-state index in [0.717, 1.165) is 22.4 Å². The summed E-state index contributed by atoms with van der Waals surface area (Å²) in [5.41, 5.74) is 4.66. The Hall–Kier alpha value is -2.59. The van der Waals surface area contributed by atoms with Gasteiger partial charge in [-0.3, -0.25) is 4.79 Å². The van der Waals surface area contributed by atoms with Crippen LogP contribution in [-0.2, 0) is 0 Å². The first kappa shape index (κ1) is 16.3. The van der Waals surface area contributed by atoms with Crippen LogP contribution >= 0.6 is 11.6 Å². The molecule has 0 bridgehead atoms. The highest BCUT2D eigenvalue weighted by atomic mass is 35.5. The molecule has 5 heteroatoms. The summed E-state index contributed by atoms with van der Waals surface area (Å²) in [7, 11) is 0. The summed E-state index contributed by atoms with van der Waals surface area (Å²) in [4.78, 5) is 12.8. The van der Waals surface area contributed by atoms with Crippen molar-refractivity contribution in [2.45, 2.75) is 20.8 Å². The fraction of sp³-hybridized carbons (Fsp3) is 0.158. The molecule has 0 saturated carbocycles. The fourth-order valence-electron chi connectivity index (χ4n) is 2.51. The Balaban J connectivity index is 1.97. The van der Waals surface area contributed by atoms with Crippen molar-refractivity contribution in [3.8, 4) is 11.3 Å². The zero-order chi connectivity index (χ0) is 17.3. The Morgan fingerprint density at radius 1 is 1.08 bits per heavy atom. The molecule has 1 amide bonds. The van der Waals surface area contributed by atoms with Gasteiger partial charge in [-0.05, 0) is 62.2 Å². The minimum absolute atomic E-state index is 0.243. The van der Waals surface area contributed by atoms with E-state index in [2.05, 4.69) is 10.5 Å². The van der Waals surface area contributed by atoms with Gasteiger partial charge in [0.05, 0.1) is 5.69 Å². The topological polar surface area (TPSA) is 55.1 Å². The van der Waals surface area contributed by atoms with Crippen molar-refractivity contribution >= 4 is 23.2 Å². The van der Waals surface area contributed by atoms with Gasteiger partial charge in [-0.15, -0.1) is 0 Å². The summed E-state index contributed by atoms with van der Waals surface area (Å²) in [6, 6.07) is 12.9. The first-order chi connectivity index (χ1) is 11.5. The summed E-state index contributed by atoms with van der Waals surface area (Å²) in [5, 5.41) is 7.52. The van der Waals surface area contributed by atoms with E-state index in [9.17, 15) is 4.79 Å². The molecular weight excluding hydrogens is 324 g/mol. The number of aromatic nitrogens is 1. The van der Waals surface area contributed by atoms with Gasteiger partial charge in [-0.25, -0.2) is 0 Å². The number of nitrogens with zero attached hydrogens (tertiary/aromatic N) is 1. The van der Waals surface area contributed by atoms with Crippen molar-refractivity contribution in [2.24, 2.45) is 0 Å². The number of aryl methyl sites for hydroxylation is 2. The van der Waals surface area contributed by atoms with E-state index in [0.29, 0.717) is 22.0 Å². The predicted molar refractivity (Wildman–Crippen MR) is 95.6 cm³/mol. The van der Waals surface area contributed by atoms with Crippen LogP contribution in [-0.4, -0.2) is 11.1 Å². The summed E-state index contributed by atoms with van der Waals surface area (Å²) in [6.45, 7) is 5.74. The molecule has 0 aliphatic heterocycles. The Labute approximate surface area is 145 Å². The molecule has 0 atom stereocenters. The molecule has 1 N–H and O–H groups in total. The van der Waals surface area contributed by atoms with Crippen molar-refractivity contribution in [1.82, 2.24) is 5.16 Å². The van der Waals surface area contributed by atoms with Crippen LogP contribution in [0.4, 0.5) is 5.69 Å². The van der Waals surface area contributed by atoms with Crippen molar-refractivity contribution in [3.05, 3.63) is 69.9 Å². The van der Waals surface area contributed by atoms with E-state index >= 15 is 0 Å². The van der Waals surface area contributed by atoms with Crippen LogP contribution in [0, 0.1) is 20.8 Å². The number of carbonyl (C=O) groups is 1. The Bertz CT molecular complexity index is 898. The molecule has 4 nitrogen and oxygen atoms in total. The zero-order valence-corrected chi connectivity index (χ0v) is 14.4. The van der Waals surface area contributed by atoms with Crippen molar-refractivity contribution in [3.63, 3.8) is 0 Å². The van der Waals surface area contributed by atoms with E-state index in [1.54, 1.807) is 31.2 Å². The molecule has 0 spiro atoms. The largest absolute Gasteiger partial charge is 0.355 e. The lowest BCUT2D eigenvalue weighted by atomic mass is 10.0. The Morgan fingerprint density at radius 2 is 1.79 bits per heavy atom. The highest BCUT2D eigenvalue weighted by Gasteiger charge is 2.22. The molecule has 0 aliphatic carbocycles. The first-order valence-corrected chi connectivity index (χ1v) is 7.95. The van der Waals surface area contributed by atoms with Crippen LogP contribution in [0.15, 0.2) is 47.0 Å². The van der Waals surface area contributed by atoms with Gasteiger partial charge in [-0.1, -0.05) is 28.9 Å². The number of halogens is 1. The maximum absolute atomic E-state index is 12.8. The van der Waals surface area contributed by atoms with E-state index < -0.39 is 0 Å². The number of carbonyl (C=O) groups excluding carboxylic acids is 1. The van der Waals surface area contributed by atoms with Gasteiger partial charge in [0.25, 0.3) is 5.91 Å². The van der Waals surface area contributed by atoms with Crippen molar-refractivity contribution < 1.29 is 9.32 Å². The van der Waals surface area contributed by atoms with E-state index in [-0.39, 0.29) is 5.91 Å². The van der Waals surface area contributed by atoms with Crippen LogP contribution in [0.25, 0.3) is 11.3 Å². The lowest BCUT2D eigenvalue weighted by molar-refractivity contribution is 0.102. The minimum Gasteiger partial charge on any atom is -0.355 e. The van der Waals surface area contributed by atoms with Gasteiger partial charge in [0.2, 0.25) is 0 Å². The van der Waals surface area contributed by atoms with Gasteiger partial charge in [-0.2, -0.15) is 0 Å². The molecule has 0 saturated heterocycles. The highest BCUT2D eigenvalue weighted by Crippen LogP contribution is 2.28. The zero-order valence-electron chi connectivity index (χ0n) is 13.7. The van der Waals surface area contributed by atoms with Gasteiger partial charge >= 0.3 is 0 Å². The second-order valence-corrected chi connectivity index (χ2v) is 6.12. The molecule has 2 aromatic carbocycles. The van der Waals surface area contributed by atoms with Gasteiger partial charge in [0.15, 0.2) is 5.76 Å². The third-order valence-electron chi connectivity index (χ3n) is 4.05. The predicted octanol–water partition coefficient (Wildman–Crippen LogP) is 5.17. The normalized spacial score (nSPS) is 10.7. The van der Waals surface area contributed by atoms with Crippen LogP contribution in [0.2, 0.25) is 5.02 Å². The van der Waals surface area contributed by atoms with Crippen LogP contribution in [0.3, 0.4) is 0 Å². The smallest absolute Gasteiger partial charge is 0.261 e. The molecule has 0 unspecified atom stereocenters. The first-order valence-electron chi connectivity index (χ1n) is 7.57. The summed E-state index contributed by atoms with van der Waals surface area (Å²) in [5.74, 6) is 0.194. The number of anilines is 1. The molecule has 0 radical (unpaired) electrons. The quantitative estimate of drug-likeness (QED) is 0.715. The van der Waals surface area contributed by atoms with Gasteiger partial charge in [0.1, 0.15) is 5.56 Å². The number of amides is 1. The van der Waals surface area contributed by atoms with E-state index in [1.165, 1.54) is 0 Å². The van der Waals surface area contributed by atoms with Crippen LogP contribution in [0.5, 0.6) is 0 Å². The van der Waals surface area contributed by atoms with Crippen LogP contribution < -0.4 is 5.32 Å². The molecule has 1 heterocycles. The average molecular weight is 341 g/mol. The number of hydrogen-bond donors (Lipinski definition) is 1. The summed E-state index contributed by atoms with van der Waals surface area (Å²) < 4.78 is 5.38. The van der Waals surface area contributed by atoms with Crippen molar-refractivity contribution in [1.29, 1.82) is 0 Å². The molecule has 1 aromatic heterocycles. The standard InChI is InChI=1S/C19H17ClN2O2/c1-11-5-4-6-16(12(11)2)21-19(23)17-13(3)22-24-18(17)14-7-9-15(20)10-8-14/h4-10H,1-3H3,(H,21,23). The number of rotatable bonds is 3. The second kappa shape index (κ2) is 6.49. The Kier molecular flexibility index (Phi) is 4.40.